The molecule has 1 fully saturated rings. The normalized spacial score (nSPS) is 14.3. The second-order valence-electron chi connectivity index (χ2n) is 8.05. The average Bonchev–Trinajstić information content (AvgIpc) is 2.56. The van der Waals surface area contributed by atoms with Gasteiger partial charge in [0.05, 0.1) is 4.92 Å². The van der Waals surface area contributed by atoms with Crippen molar-refractivity contribution in [3.05, 3.63) is 56.7 Å². The Balaban J connectivity index is 1.65. The highest BCUT2D eigenvalue weighted by molar-refractivity contribution is 6.30. The third-order valence-electron chi connectivity index (χ3n) is 4.51. The lowest BCUT2D eigenvalue weighted by Crippen LogP contribution is -2.50. The lowest BCUT2D eigenvalue weighted by atomic mass is 9.92. The maximum Gasteiger partial charge on any atom is 0.410 e. The number of nitrogens with zero attached hydrogens (tertiary/aromatic N) is 3. The van der Waals surface area contributed by atoms with Crippen LogP contribution in [0.25, 0.3) is 0 Å². The van der Waals surface area contributed by atoms with Gasteiger partial charge in [-0.1, -0.05) is 23.7 Å². The number of anilines is 2. The van der Waals surface area contributed by atoms with E-state index in [0.29, 0.717) is 24.3 Å². The van der Waals surface area contributed by atoms with Crippen molar-refractivity contribution >= 4 is 34.9 Å². The van der Waals surface area contributed by atoms with Crippen molar-refractivity contribution in [2.75, 3.05) is 18.4 Å². The summed E-state index contributed by atoms with van der Waals surface area (Å²) in [6.45, 7) is 8.39. The number of carbonyl (C=O) groups excluding carboxylic acids is 1. The Bertz CT molecular complexity index is 935. The van der Waals surface area contributed by atoms with E-state index in [1.165, 1.54) is 6.07 Å². The quantitative estimate of drug-likeness (QED) is 0.425. The molecule has 0 spiro atoms. The summed E-state index contributed by atoms with van der Waals surface area (Å²) in [6, 6.07) is 8.91. The van der Waals surface area contributed by atoms with Crippen LogP contribution < -0.4 is 5.32 Å². The third kappa shape index (κ3) is 4.95. The molecular formula is C20H23ClN4O4. The van der Waals surface area contributed by atoms with Gasteiger partial charge >= 0.3 is 11.8 Å². The molecule has 0 bridgehead atoms. The number of nitro groups is 1. The van der Waals surface area contributed by atoms with Gasteiger partial charge in [-0.05, 0) is 51.0 Å². The fourth-order valence-corrected chi connectivity index (χ4v) is 3.09. The molecule has 1 aliphatic rings. The molecule has 0 atom stereocenters. The van der Waals surface area contributed by atoms with Crippen LogP contribution in [0, 0.1) is 17.0 Å². The van der Waals surface area contributed by atoms with E-state index in [4.69, 9.17) is 16.3 Å². The van der Waals surface area contributed by atoms with Gasteiger partial charge in [0.2, 0.25) is 5.82 Å². The molecule has 3 rings (SSSR count). The summed E-state index contributed by atoms with van der Waals surface area (Å²) in [5.74, 6) is 0.330. The maximum absolute atomic E-state index is 12.0. The zero-order valence-corrected chi connectivity index (χ0v) is 17.5. The highest BCUT2D eigenvalue weighted by Crippen LogP contribution is 2.32. The molecule has 1 saturated heterocycles. The topological polar surface area (TPSA) is 97.6 Å². The molecule has 2 aromatic rings. The van der Waals surface area contributed by atoms with Crippen molar-refractivity contribution in [2.24, 2.45) is 0 Å². The summed E-state index contributed by atoms with van der Waals surface area (Å²) in [4.78, 5) is 28.6. The Morgan fingerprint density at radius 1 is 1.31 bits per heavy atom. The molecule has 29 heavy (non-hydrogen) atoms. The van der Waals surface area contributed by atoms with Crippen molar-refractivity contribution < 1.29 is 14.5 Å². The molecule has 1 aromatic carbocycles. The molecule has 1 amide bonds. The van der Waals surface area contributed by atoms with Crippen LogP contribution >= 0.6 is 11.6 Å². The second-order valence-corrected chi connectivity index (χ2v) is 8.41. The van der Waals surface area contributed by atoms with E-state index in [1.807, 2.05) is 45.0 Å². The molecule has 1 aliphatic heterocycles. The van der Waals surface area contributed by atoms with E-state index >= 15 is 0 Å². The fourth-order valence-electron chi connectivity index (χ4n) is 2.95. The van der Waals surface area contributed by atoms with Crippen LogP contribution in [-0.4, -0.2) is 39.6 Å². The Morgan fingerprint density at radius 2 is 1.93 bits per heavy atom. The van der Waals surface area contributed by atoms with E-state index in [1.54, 1.807) is 11.8 Å². The number of halogens is 1. The second kappa shape index (κ2) is 7.87. The van der Waals surface area contributed by atoms with Gasteiger partial charge in [0, 0.05) is 30.8 Å². The monoisotopic (exact) mass is 418 g/mol. The number of hydrogen-bond donors (Lipinski definition) is 1. The van der Waals surface area contributed by atoms with Gasteiger partial charge in [0.1, 0.15) is 10.8 Å². The highest BCUT2D eigenvalue weighted by atomic mass is 35.5. The first-order chi connectivity index (χ1) is 13.5. The third-order valence-corrected chi connectivity index (χ3v) is 4.89. The number of aromatic nitrogens is 1. The van der Waals surface area contributed by atoms with Crippen LogP contribution in [-0.2, 0) is 4.74 Å². The minimum Gasteiger partial charge on any atom is -0.444 e. The molecular weight excluding hydrogens is 396 g/mol. The van der Waals surface area contributed by atoms with Crippen LogP contribution in [0.4, 0.5) is 22.0 Å². The lowest BCUT2D eigenvalue weighted by Gasteiger charge is -2.40. The van der Waals surface area contributed by atoms with Crippen molar-refractivity contribution in [3.8, 4) is 0 Å². The van der Waals surface area contributed by atoms with Gasteiger partial charge in [-0.2, -0.15) is 0 Å². The summed E-state index contributed by atoms with van der Waals surface area (Å²) in [5, 5.41) is 14.4. The number of rotatable bonds is 4. The summed E-state index contributed by atoms with van der Waals surface area (Å²) in [5.41, 5.74) is 1.64. The van der Waals surface area contributed by atoms with E-state index in [2.05, 4.69) is 10.3 Å². The van der Waals surface area contributed by atoms with Gasteiger partial charge < -0.3 is 15.0 Å². The van der Waals surface area contributed by atoms with Crippen LogP contribution in [0.5, 0.6) is 0 Å². The standard InChI is InChI=1S/C20H23ClN4O4/c1-12-9-16(25(27)28)18(23-17(12)21)22-15-7-5-13(6-8-15)14-10-24(11-14)19(26)29-20(2,3)4/h5-9,14H,10-11H2,1-4H3,(H,22,23). The molecule has 0 radical (unpaired) electrons. The molecule has 2 heterocycles. The molecule has 0 aliphatic carbocycles. The van der Waals surface area contributed by atoms with Gasteiger partial charge in [0.25, 0.3) is 0 Å². The summed E-state index contributed by atoms with van der Waals surface area (Å²) < 4.78 is 5.36. The van der Waals surface area contributed by atoms with E-state index in [0.717, 1.165) is 5.56 Å². The Morgan fingerprint density at radius 3 is 2.48 bits per heavy atom. The number of benzene rings is 1. The van der Waals surface area contributed by atoms with Crippen molar-refractivity contribution in [3.63, 3.8) is 0 Å². The van der Waals surface area contributed by atoms with Gasteiger partial charge in [-0.15, -0.1) is 0 Å². The van der Waals surface area contributed by atoms with Crippen LogP contribution in [0.15, 0.2) is 30.3 Å². The Kier molecular flexibility index (Phi) is 5.66. The number of hydrogen-bond acceptors (Lipinski definition) is 6. The first-order valence-electron chi connectivity index (χ1n) is 9.20. The molecule has 9 heteroatoms. The van der Waals surface area contributed by atoms with E-state index in [9.17, 15) is 14.9 Å². The zero-order valence-electron chi connectivity index (χ0n) is 16.7. The Hall–Kier alpha value is -2.87. The predicted octanol–water partition coefficient (Wildman–Crippen LogP) is 5.03. The van der Waals surface area contributed by atoms with Gasteiger partial charge in [0.15, 0.2) is 0 Å². The number of likely N-dealkylation sites (tertiary alicyclic amines) is 1. The predicted molar refractivity (Wildman–Crippen MR) is 111 cm³/mol. The average molecular weight is 419 g/mol. The number of amides is 1. The van der Waals surface area contributed by atoms with Gasteiger partial charge in [-0.25, -0.2) is 9.78 Å². The first-order valence-corrected chi connectivity index (χ1v) is 9.58. The van der Waals surface area contributed by atoms with Crippen molar-refractivity contribution in [2.45, 2.75) is 39.2 Å². The summed E-state index contributed by atoms with van der Waals surface area (Å²) in [7, 11) is 0. The maximum atomic E-state index is 12.0. The molecule has 1 N–H and O–H groups in total. The van der Waals surface area contributed by atoms with Crippen molar-refractivity contribution in [1.29, 1.82) is 0 Å². The number of ether oxygens (including phenoxy) is 1. The molecule has 0 unspecified atom stereocenters. The fraction of sp³-hybridized carbons (Fsp3) is 0.400. The SMILES string of the molecule is Cc1cc([N+](=O)[O-])c(Nc2ccc(C3CN(C(=O)OC(C)(C)C)C3)cc2)nc1Cl. The summed E-state index contributed by atoms with van der Waals surface area (Å²) in [6.07, 6.45) is -0.304. The highest BCUT2D eigenvalue weighted by Gasteiger charge is 2.34. The number of pyridine rings is 1. The molecule has 154 valence electrons. The van der Waals surface area contributed by atoms with Crippen LogP contribution in [0.2, 0.25) is 5.15 Å². The number of aryl methyl sites for hydroxylation is 1. The van der Waals surface area contributed by atoms with E-state index in [-0.39, 0.29) is 28.7 Å². The first kappa shape index (κ1) is 20.9. The largest absolute Gasteiger partial charge is 0.444 e. The lowest BCUT2D eigenvalue weighted by molar-refractivity contribution is -0.384. The summed E-state index contributed by atoms with van der Waals surface area (Å²) >= 11 is 6.01. The molecule has 8 nitrogen and oxygen atoms in total. The van der Waals surface area contributed by atoms with Gasteiger partial charge in [-0.3, -0.25) is 10.1 Å². The minimum absolute atomic E-state index is 0.0955. The minimum atomic E-state index is -0.509. The molecule has 1 aromatic heterocycles. The van der Waals surface area contributed by atoms with Crippen LogP contribution in [0.1, 0.15) is 37.8 Å². The zero-order chi connectivity index (χ0) is 21.3. The Labute approximate surface area is 174 Å². The molecule has 0 saturated carbocycles. The number of carbonyl (C=O) groups is 1. The smallest absolute Gasteiger partial charge is 0.410 e. The van der Waals surface area contributed by atoms with E-state index < -0.39 is 10.5 Å². The van der Waals surface area contributed by atoms with Crippen molar-refractivity contribution in [1.82, 2.24) is 9.88 Å². The number of nitrogens with one attached hydrogen (secondary N) is 1. The van der Waals surface area contributed by atoms with Crippen LogP contribution in [0.3, 0.4) is 0 Å².